The molecule has 3 aromatic rings. The lowest BCUT2D eigenvalue weighted by Crippen LogP contribution is -2.26. The summed E-state index contributed by atoms with van der Waals surface area (Å²) in [6.45, 7) is 1.73. The van der Waals surface area contributed by atoms with Crippen LogP contribution in [0.4, 0.5) is 11.4 Å². The lowest BCUT2D eigenvalue weighted by molar-refractivity contribution is -0.384. The van der Waals surface area contributed by atoms with Crippen molar-refractivity contribution in [1.29, 1.82) is 0 Å². The van der Waals surface area contributed by atoms with Crippen LogP contribution in [-0.2, 0) is 22.4 Å². The summed E-state index contributed by atoms with van der Waals surface area (Å²) in [5.74, 6) is -1.23. The Bertz CT molecular complexity index is 1170. The van der Waals surface area contributed by atoms with Crippen LogP contribution in [0.15, 0.2) is 54.6 Å². The molecule has 33 heavy (non-hydrogen) atoms. The lowest BCUT2D eigenvalue weighted by Gasteiger charge is -2.18. The van der Waals surface area contributed by atoms with E-state index in [2.05, 4.69) is 5.32 Å². The minimum atomic E-state index is -1.25. The van der Waals surface area contributed by atoms with Crippen LogP contribution in [0.3, 0.4) is 0 Å². The number of nitro groups is 1. The molecule has 1 heterocycles. The predicted molar refractivity (Wildman–Crippen MR) is 127 cm³/mol. The molecule has 1 aliphatic rings. The number of nitro benzene ring substituents is 1. The van der Waals surface area contributed by atoms with Crippen molar-refractivity contribution in [2.75, 3.05) is 5.32 Å². The number of aryl methyl sites for hydroxylation is 3. The van der Waals surface area contributed by atoms with E-state index in [1.165, 1.54) is 40.3 Å². The highest BCUT2D eigenvalue weighted by Crippen LogP contribution is 2.32. The first-order valence-corrected chi connectivity index (χ1v) is 11.7. The molecule has 1 aliphatic carbocycles. The number of esters is 1. The summed E-state index contributed by atoms with van der Waals surface area (Å²) in [6, 6.07) is 15.1. The second kappa shape index (κ2) is 9.95. The Morgan fingerprint density at radius 1 is 1.06 bits per heavy atom. The highest BCUT2D eigenvalue weighted by molar-refractivity contribution is 7.14. The summed E-state index contributed by atoms with van der Waals surface area (Å²) in [5, 5.41) is 14.0. The van der Waals surface area contributed by atoms with Gasteiger partial charge in [-0.1, -0.05) is 42.8 Å². The van der Waals surface area contributed by atoms with Crippen molar-refractivity contribution >= 4 is 34.6 Å². The zero-order valence-corrected chi connectivity index (χ0v) is 19.0. The summed E-state index contributed by atoms with van der Waals surface area (Å²) >= 11 is 1.42. The van der Waals surface area contributed by atoms with Gasteiger partial charge in [-0.05, 0) is 55.9 Å². The van der Waals surface area contributed by atoms with E-state index in [0.29, 0.717) is 16.0 Å². The normalized spacial score (nSPS) is 14.0. The Morgan fingerprint density at radius 3 is 2.58 bits per heavy atom. The maximum Gasteiger partial charge on any atom is 0.349 e. The van der Waals surface area contributed by atoms with Crippen molar-refractivity contribution in [2.45, 2.75) is 45.1 Å². The van der Waals surface area contributed by atoms with Gasteiger partial charge in [0.25, 0.3) is 11.6 Å². The number of rotatable bonds is 6. The molecule has 0 spiro atoms. The van der Waals surface area contributed by atoms with Crippen molar-refractivity contribution < 1.29 is 19.2 Å². The molecule has 0 bridgehead atoms. The smallest absolute Gasteiger partial charge is 0.349 e. The second-order valence-corrected chi connectivity index (χ2v) is 9.22. The van der Waals surface area contributed by atoms with Crippen LogP contribution in [0.25, 0.3) is 0 Å². The quantitative estimate of drug-likeness (QED) is 0.216. The van der Waals surface area contributed by atoms with Gasteiger partial charge in [0.05, 0.1) is 4.92 Å². The molecule has 2 aromatic carbocycles. The molecule has 170 valence electrons. The van der Waals surface area contributed by atoms with Gasteiger partial charge in [0, 0.05) is 16.5 Å². The first kappa shape index (κ1) is 22.7. The Labute approximate surface area is 195 Å². The zero-order valence-electron chi connectivity index (χ0n) is 18.2. The molecule has 0 saturated carbocycles. The Balaban J connectivity index is 1.59. The molecule has 0 radical (unpaired) electrons. The molecule has 0 aliphatic heterocycles. The van der Waals surface area contributed by atoms with Gasteiger partial charge < -0.3 is 10.1 Å². The molecule has 7 nitrogen and oxygen atoms in total. The molecule has 4 rings (SSSR count). The number of amides is 1. The van der Waals surface area contributed by atoms with E-state index < -0.39 is 22.9 Å². The van der Waals surface area contributed by atoms with Crippen LogP contribution in [-0.4, -0.2) is 16.8 Å². The SMILES string of the molecule is Cc1ccc(NC(=O)[C@H](OC(=O)c2cc3c(s2)CCCCC3)c2ccccc2)c([N+](=O)[O-])c1. The number of carbonyl (C=O) groups is 2. The fourth-order valence-electron chi connectivity index (χ4n) is 3.93. The van der Waals surface area contributed by atoms with Crippen molar-refractivity contribution in [1.82, 2.24) is 0 Å². The minimum Gasteiger partial charge on any atom is -0.443 e. The van der Waals surface area contributed by atoms with E-state index in [1.807, 2.05) is 6.07 Å². The van der Waals surface area contributed by atoms with Crippen LogP contribution < -0.4 is 5.32 Å². The molecule has 1 N–H and O–H groups in total. The monoisotopic (exact) mass is 464 g/mol. The third-order valence-electron chi connectivity index (χ3n) is 5.62. The number of thiophene rings is 1. The maximum absolute atomic E-state index is 13.2. The number of nitrogens with one attached hydrogen (secondary N) is 1. The standard InChI is InChI=1S/C25H24N2O5S/c1-16-12-13-19(20(14-16)27(30)31)26-24(28)23(17-8-4-2-5-9-17)32-25(29)22-15-18-10-6-3-7-11-21(18)33-22/h2,4-5,8-9,12-15,23H,3,6-7,10-11H2,1H3,(H,26,28)/t23-/m1/s1. The number of hydrogen-bond donors (Lipinski definition) is 1. The Hall–Kier alpha value is -3.52. The van der Waals surface area contributed by atoms with Crippen LogP contribution in [0.2, 0.25) is 0 Å². The van der Waals surface area contributed by atoms with E-state index in [1.54, 1.807) is 43.3 Å². The number of ether oxygens (including phenoxy) is 1. The summed E-state index contributed by atoms with van der Waals surface area (Å²) in [5.41, 5.74) is 2.19. The Kier molecular flexibility index (Phi) is 6.84. The summed E-state index contributed by atoms with van der Waals surface area (Å²) in [7, 11) is 0. The largest absolute Gasteiger partial charge is 0.443 e. The summed E-state index contributed by atoms with van der Waals surface area (Å²) in [6.07, 6.45) is 4.03. The highest BCUT2D eigenvalue weighted by Gasteiger charge is 2.29. The number of carbonyl (C=O) groups excluding carboxylic acids is 2. The van der Waals surface area contributed by atoms with Crippen molar-refractivity contribution in [3.63, 3.8) is 0 Å². The third-order valence-corrected chi connectivity index (χ3v) is 6.84. The fourth-order valence-corrected chi connectivity index (χ4v) is 5.07. The second-order valence-electron chi connectivity index (χ2n) is 8.08. The molecule has 1 aromatic heterocycles. The van der Waals surface area contributed by atoms with Crippen molar-refractivity contribution in [3.05, 3.63) is 91.2 Å². The number of benzene rings is 2. The van der Waals surface area contributed by atoms with Crippen LogP contribution in [0.5, 0.6) is 0 Å². The van der Waals surface area contributed by atoms with Gasteiger partial charge in [-0.2, -0.15) is 0 Å². The number of hydrogen-bond acceptors (Lipinski definition) is 6. The molecule has 8 heteroatoms. The van der Waals surface area contributed by atoms with Crippen molar-refractivity contribution in [3.8, 4) is 0 Å². The van der Waals surface area contributed by atoms with Crippen molar-refractivity contribution in [2.24, 2.45) is 0 Å². The van der Waals surface area contributed by atoms with Gasteiger partial charge in [-0.3, -0.25) is 14.9 Å². The zero-order chi connectivity index (χ0) is 23.4. The van der Waals surface area contributed by atoms with Gasteiger partial charge in [0.1, 0.15) is 10.6 Å². The average molecular weight is 465 g/mol. The topological polar surface area (TPSA) is 98.5 Å². The van der Waals surface area contributed by atoms with Gasteiger partial charge in [0.2, 0.25) is 6.10 Å². The maximum atomic E-state index is 13.2. The number of nitrogens with zero attached hydrogens (tertiary/aromatic N) is 1. The van der Waals surface area contributed by atoms with Crippen LogP contribution in [0, 0.1) is 17.0 Å². The predicted octanol–water partition coefficient (Wildman–Crippen LogP) is 5.77. The minimum absolute atomic E-state index is 0.0513. The number of anilines is 1. The van der Waals surface area contributed by atoms with E-state index in [0.717, 1.165) is 25.7 Å². The summed E-state index contributed by atoms with van der Waals surface area (Å²) < 4.78 is 5.68. The first-order valence-electron chi connectivity index (χ1n) is 10.9. The summed E-state index contributed by atoms with van der Waals surface area (Å²) in [4.78, 5) is 38.8. The fraction of sp³-hybridized carbons (Fsp3) is 0.280. The molecule has 0 unspecified atom stereocenters. The lowest BCUT2D eigenvalue weighted by atomic mass is 10.1. The molecule has 1 atom stereocenters. The van der Waals surface area contributed by atoms with E-state index in [9.17, 15) is 19.7 Å². The van der Waals surface area contributed by atoms with Gasteiger partial charge in [-0.25, -0.2) is 4.79 Å². The van der Waals surface area contributed by atoms with Gasteiger partial charge in [-0.15, -0.1) is 11.3 Å². The molecule has 0 fully saturated rings. The Morgan fingerprint density at radius 2 is 1.82 bits per heavy atom. The van der Waals surface area contributed by atoms with Crippen LogP contribution >= 0.6 is 11.3 Å². The average Bonchev–Trinajstić information content (AvgIpc) is 3.09. The number of fused-ring (bicyclic) bond motifs is 1. The molecular formula is C25H24N2O5S. The molecule has 0 saturated heterocycles. The molecule has 1 amide bonds. The van der Waals surface area contributed by atoms with Gasteiger partial charge in [0.15, 0.2) is 0 Å². The first-order chi connectivity index (χ1) is 15.9. The van der Waals surface area contributed by atoms with E-state index in [4.69, 9.17) is 4.74 Å². The van der Waals surface area contributed by atoms with Crippen LogP contribution in [0.1, 0.15) is 56.6 Å². The van der Waals surface area contributed by atoms with Gasteiger partial charge >= 0.3 is 5.97 Å². The highest BCUT2D eigenvalue weighted by atomic mass is 32.1. The van der Waals surface area contributed by atoms with E-state index in [-0.39, 0.29) is 11.4 Å². The third kappa shape index (κ3) is 5.28. The van der Waals surface area contributed by atoms with E-state index >= 15 is 0 Å². The molecular weight excluding hydrogens is 440 g/mol.